The van der Waals surface area contributed by atoms with Crippen molar-refractivity contribution in [1.82, 2.24) is 12.3 Å². The van der Waals surface area contributed by atoms with Gasteiger partial charge in [0.15, 0.2) is 5.05 Å². The zero-order chi connectivity index (χ0) is 7.44. The Morgan fingerprint density at radius 1 is 1.36 bits per heavy atom. The molecule has 0 fully saturated rings. The predicted molar refractivity (Wildman–Crippen MR) is 43.5 cm³/mol. The minimum atomic E-state index is -1.42. The van der Waals surface area contributed by atoms with Crippen LogP contribution in [0.3, 0.4) is 0 Å². The van der Waals surface area contributed by atoms with Crippen molar-refractivity contribution >= 4 is 23.2 Å². The quantitative estimate of drug-likeness (QED) is 0.388. The van der Waals surface area contributed by atoms with Crippen molar-refractivity contribution in [2.45, 2.75) is 12.5 Å². The van der Waals surface area contributed by atoms with E-state index in [1.807, 2.05) is 0 Å². The van der Waals surface area contributed by atoms with E-state index in [2.05, 4.69) is 12.2 Å². The average molecular weight is 184 g/mol. The zero-order valence-corrected chi connectivity index (χ0v) is 6.67. The van der Waals surface area contributed by atoms with Crippen LogP contribution in [-0.2, 0) is 4.79 Å². The second kappa shape index (κ2) is 7.35. The van der Waals surface area contributed by atoms with Crippen LogP contribution >= 0.6 is 12.2 Å². The molecule has 0 amide bonds. The molecule has 6 nitrogen and oxygen atoms in total. The minimum Gasteiger partial charge on any atom is -0.500 e. The fourth-order valence-corrected chi connectivity index (χ4v) is 0.336. The summed E-state index contributed by atoms with van der Waals surface area (Å²) in [6, 6.07) is 0. The van der Waals surface area contributed by atoms with Gasteiger partial charge < -0.3 is 27.6 Å². The van der Waals surface area contributed by atoms with E-state index < -0.39 is 23.5 Å². The first-order valence-corrected chi connectivity index (χ1v) is 2.57. The number of thiocarbonyl (C=S) groups is 1. The summed E-state index contributed by atoms with van der Waals surface area (Å²) in [4.78, 5) is 9.78. The van der Waals surface area contributed by atoms with Gasteiger partial charge in [0.25, 0.3) is 0 Å². The Kier molecular flexibility index (Phi) is 11.1. The summed E-state index contributed by atoms with van der Waals surface area (Å²) in [5, 5.41) is 24.1. The Morgan fingerprint density at radius 2 is 1.73 bits per heavy atom. The van der Waals surface area contributed by atoms with E-state index in [0.717, 1.165) is 0 Å². The third-order valence-electron chi connectivity index (χ3n) is 0.653. The number of carbonyl (C=O) groups is 1. The van der Waals surface area contributed by atoms with Crippen molar-refractivity contribution in [1.29, 1.82) is 0 Å². The van der Waals surface area contributed by atoms with Gasteiger partial charge in [0.05, 0.1) is 6.42 Å². The molecule has 0 bridgehead atoms. The van der Waals surface area contributed by atoms with Crippen LogP contribution in [0.5, 0.6) is 0 Å². The summed E-state index contributed by atoms with van der Waals surface area (Å²) in [6.45, 7) is 0. The molecule has 0 aromatic carbocycles. The minimum absolute atomic E-state index is 0. The van der Waals surface area contributed by atoms with Crippen LogP contribution in [0.4, 0.5) is 0 Å². The van der Waals surface area contributed by atoms with Crippen LogP contribution < -0.4 is 12.3 Å². The number of hydrogen-bond acceptors (Lipinski definition) is 5. The van der Waals surface area contributed by atoms with E-state index in [4.69, 9.17) is 15.3 Å². The van der Waals surface area contributed by atoms with Gasteiger partial charge in [-0.05, 0) is 12.2 Å². The van der Waals surface area contributed by atoms with Crippen molar-refractivity contribution in [2.24, 2.45) is 0 Å². The highest BCUT2D eigenvalue weighted by molar-refractivity contribution is 7.80. The first-order valence-electron chi connectivity index (χ1n) is 2.16. The number of aliphatic hydroxyl groups is 2. The lowest BCUT2D eigenvalue weighted by Crippen LogP contribution is -2.21. The molecule has 1 atom stereocenters. The molecule has 0 heterocycles. The van der Waals surface area contributed by atoms with Gasteiger partial charge in [-0.1, -0.05) is 0 Å². The van der Waals surface area contributed by atoms with Crippen molar-refractivity contribution in [3.63, 3.8) is 0 Å². The van der Waals surface area contributed by atoms with Gasteiger partial charge in [0, 0.05) is 0 Å². The Balaban J connectivity index is -0.000000320. The predicted octanol–water partition coefficient (Wildman–Crippen LogP) is 0.0314. The number of aliphatic hydroxyl groups excluding tert-OH is 2. The Bertz CT molecular complexity index is 140. The largest absolute Gasteiger partial charge is 0.500 e. The Hall–Kier alpha value is -0.760. The van der Waals surface area contributed by atoms with Crippen molar-refractivity contribution in [3.8, 4) is 0 Å². The van der Waals surface area contributed by atoms with Gasteiger partial charge in [-0.25, -0.2) is 0 Å². The highest BCUT2D eigenvalue weighted by Gasteiger charge is 2.12. The third kappa shape index (κ3) is 9.24. The highest BCUT2D eigenvalue weighted by Crippen LogP contribution is 1.91. The van der Waals surface area contributed by atoms with Gasteiger partial charge in [-0.15, -0.1) is 0 Å². The van der Waals surface area contributed by atoms with Gasteiger partial charge >= 0.3 is 5.97 Å². The normalized spacial score (nSPS) is 10.3. The van der Waals surface area contributed by atoms with E-state index in [9.17, 15) is 4.79 Å². The molecule has 68 valence electrons. The summed E-state index contributed by atoms with van der Waals surface area (Å²) >= 11 is 4.08. The summed E-state index contributed by atoms with van der Waals surface area (Å²) in [5.41, 5.74) is 0. The third-order valence-corrected chi connectivity index (χ3v) is 0.925. The van der Waals surface area contributed by atoms with Gasteiger partial charge in [-0.2, -0.15) is 0 Å². The highest BCUT2D eigenvalue weighted by atomic mass is 32.1. The fourth-order valence-electron chi connectivity index (χ4n) is 0.253. The van der Waals surface area contributed by atoms with Crippen LogP contribution in [-0.4, -0.2) is 32.4 Å². The molecule has 0 aliphatic rings. The van der Waals surface area contributed by atoms with Crippen LogP contribution in [0.25, 0.3) is 0 Å². The van der Waals surface area contributed by atoms with Gasteiger partial charge in [0.2, 0.25) is 0 Å². The van der Waals surface area contributed by atoms with Crippen molar-refractivity contribution in [3.05, 3.63) is 0 Å². The second-order valence-electron chi connectivity index (χ2n) is 1.45. The maximum absolute atomic E-state index is 9.78. The molecule has 0 aliphatic heterocycles. The SMILES string of the molecule is N.N.O=C(O)CC(O)C(O)=S. The first kappa shape index (κ1) is 16.7. The molecule has 1 unspecified atom stereocenters. The molecule has 0 aromatic heterocycles. The van der Waals surface area contributed by atoms with E-state index in [-0.39, 0.29) is 12.3 Å². The second-order valence-corrected chi connectivity index (χ2v) is 1.87. The number of carboxylic acid groups (broad SMARTS) is 1. The molecule has 0 radical (unpaired) electrons. The van der Waals surface area contributed by atoms with Crippen LogP contribution in [0.15, 0.2) is 0 Å². The lowest BCUT2D eigenvalue weighted by molar-refractivity contribution is -0.138. The first-order chi connectivity index (χ1) is 4.04. The molecule has 0 saturated carbocycles. The number of rotatable bonds is 3. The fraction of sp³-hybridized carbons (Fsp3) is 0.500. The molecular formula is C4H12N2O4S. The van der Waals surface area contributed by atoms with Crippen LogP contribution in [0.2, 0.25) is 0 Å². The number of carboxylic acids is 1. The Morgan fingerprint density at radius 3 is 1.82 bits per heavy atom. The maximum atomic E-state index is 9.78. The van der Waals surface area contributed by atoms with Gasteiger partial charge in [-0.3, -0.25) is 4.79 Å². The zero-order valence-electron chi connectivity index (χ0n) is 5.86. The van der Waals surface area contributed by atoms with E-state index in [1.165, 1.54) is 0 Å². The van der Waals surface area contributed by atoms with E-state index in [1.54, 1.807) is 0 Å². The van der Waals surface area contributed by atoms with Crippen molar-refractivity contribution in [2.75, 3.05) is 0 Å². The summed E-state index contributed by atoms with van der Waals surface area (Å²) in [6.07, 6.45) is -1.97. The summed E-state index contributed by atoms with van der Waals surface area (Å²) in [7, 11) is 0. The molecule has 0 rings (SSSR count). The molecule has 9 N–H and O–H groups in total. The molecular weight excluding hydrogens is 172 g/mol. The smallest absolute Gasteiger partial charge is 0.306 e. The van der Waals surface area contributed by atoms with E-state index in [0.29, 0.717) is 0 Å². The molecule has 7 heteroatoms. The average Bonchev–Trinajstić information content (AvgIpc) is 1.63. The number of aliphatic carboxylic acids is 1. The monoisotopic (exact) mass is 184 g/mol. The number of hydrogen-bond donors (Lipinski definition) is 5. The van der Waals surface area contributed by atoms with Crippen LogP contribution in [0.1, 0.15) is 6.42 Å². The maximum Gasteiger partial charge on any atom is 0.306 e. The molecule has 0 saturated heterocycles. The standard InChI is InChI=1S/C4H6O4S.2H3N/c5-2(4(8)9)1-3(6)7;;/h2,5H,1H2,(H,6,7)(H,8,9);2*1H3. The molecule has 0 aromatic rings. The van der Waals surface area contributed by atoms with E-state index >= 15 is 0 Å². The molecule has 11 heavy (non-hydrogen) atoms. The lowest BCUT2D eigenvalue weighted by Gasteiger charge is -2.01. The van der Waals surface area contributed by atoms with Gasteiger partial charge in [0.1, 0.15) is 6.10 Å². The summed E-state index contributed by atoms with van der Waals surface area (Å²) in [5.74, 6) is -1.20. The lowest BCUT2D eigenvalue weighted by atomic mass is 10.3. The topological polar surface area (TPSA) is 148 Å². The summed E-state index contributed by atoms with van der Waals surface area (Å²) < 4.78 is 0. The van der Waals surface area contributed by atoms with Crippen LogP contribution in [0, 0.1) is 0 Å². The molecule has 0 aliphatic carbocycles. The van der Waals surface area contributed by atoms with Crippen molar-refractivity contribution < 1.29 is 20.1 Å². The molecule has 0 spiro atoms. The Labute approximate surface area is 69.0 Å².